The highest BCUT2D eigenvalue weighted by Gasteiger charge is 2.23. The van der Waals surface area contributed by atoms with Crippen molar-refractivity contribution in [3.05, 3.63) is 59.7 Å². The van der Waals surface area contributed by atoms with E-state index in [0.29, 0.717) is 13.2 Å². The van der Waals surface area contributed by atoms with Gasteiger partial charge in [-0.15, -0.1) is 0 Å². The Labute approximate surface area is 171 Å². The Morgan fingerprint density at radius 3 is 2.00 bits per heavy atom. The molecule has 0 bridgehead atoms. The molecule has 2 aromatic carbocycles. The van der Waals surface area contributed by atoms with E-state index < -0.39 is 0 Å². The standard InChI is InChI=1S/C26H36O2/c1-3-5-7-8-9-21-11-13-22(14-12-21)23-15-17-24(18-16-23)26-20-27-25(19-28-26)10-6-4-2/h11-18,25-26H,3-10,19-20H2,1-2H3. The zero-order chi connectivity index (χ0) is 19.6. The molecule has 152 valence electrons. The number of ether oxygens (including phenoxy) is 2. The summed E-state index contributed by atoms with van der Waals surface area (Å²) in [5.74, 6) is 0. The lowest BCUT2D eigenvalue weighted by molar-refractivity contribution is -0.137. The monoisotopic (exact) mass is 380 g/mol. The molecule has 1 aliphatic heterocycles. The predicted octanol–water partition coefficient (Wildman–Crippen LogP) is 7.12. The van der Waals surface area contributed by atoms with Gasteiger partial charge in [0.25, 0.3) is 0 Å². The summed E-state index contributed by atoms with van der Waals surface area (Å²) in [5, 5.41) is 0. The van der Waals surface area contributed by atoms with Gasteiger partial charge in [0, 0.05) is 0 Å². The summed E-state index contributed by atoms with van der Waals surface area (Å²) in [5.41, 5.74) is 5.20. The number of unbranched alkanes of at least 4 members (excludes halogenated alkanes) is 4. The average molecular weight is 381 g/mol. The minimum absolute atomic E-state index is 0.0671. The molecular weight excluding hydrogens is 344 g/mol. The number of rotatable bonds is 10. The molecule has 2 atom stereocenters. The van der Waals surface area contributed by atoms with Crippen LogP contribution >= 0.6 is 0 Å². The van der Waals surface area contributed by atoms with Gasteiger partial charge < -0.3 is 9.47 Å². The molecule has 2 nitrogen and oxygen atoms in total. The first-order valence-corrected chi connectivity index (χ1v) is 11.2. The second-order valence-corrected chi connectivity index (χ2v) is 8.05. The normalized spacial score (nSPS) is 19.6. The van der Waals surface area contributed by atoms with Gasteiger partial charge in [0.05, 0.1) is 19.3 Å². The van der Waals surface area contributed by atoms with Gasteiger partial charge in [0.2, 0.25) is 0 Å². The lowest BCUT2D eigenvalue weighted by atomic mass is 9.99. The third-order valence-corrected chi connectivity index (χ3v) is 5.73. The van der Waals surface area contributed by atoms with E-state index in [9.17, 15) is 0 Å². The summed E-state index contributed by atoms with van der Waals surface area (Å²) < 4.78 is 12.1. The van der Waals surface area contributed by atoms with Gasteiger partial charge in [-0.2, -0.15) is 0 Å². The van der Waals surface area contributed by atoms with Crippen LogP contribution < -0.4 is 0 Å². The molecule has 1 fully saturated rings. The second-order valence-electron chi connectivity index (χ2n) is 8.05. The van der Waals surface area contributed by atoms with E-state index >= 15 is 0 Å². The zero-order valence-electron chi connectivity index (χ0n) is 17.7. The molecule has 0 amide bonds. The van der Waals surface area contributed by atoms with Gasteiger partial charge in [0.15, 0.2) is 0 Å². The van der Waals surface area contributed by atoms with Crippen molar-refractivity contribution in [2.45, 2.75) is 77.4 Å². The Hall–Kier alpha value is -1.64. The maximum atomic E-state index is 6.06. The third-order valence-electron chi connectivity index (χ3n) is 5.73. The average Bonchev–Trinajstić information content (AvgIpc) is 2.76. The smallest absolute Gasteiger partial charge is 0.106 e. The van der Waals surface area contributed by atoms with Gasteiger partial charge >= 0.3 is 0 Å². The molecular formula is C26H36O2. The van der Waals surface area contributed by atoms with Gasteiger partial charge in [0.1, 0.15) is 6.10 Å². The zero-order valence-corrected chi connectivity index (χ0v) is 17.7. The van der Waals surface area contributed by atoms with E-state index in [-0.39, 0.29) is 12.2 Å². The second kappa shape index (κ2) is 11.4. The highest BCUT2D eigenvalue weighted by molar-refractivity contribution is 5.64. The molecule has 2 unspecified atom stereocenters. The van der Waals surface area contributed by atoms with Gasteiger partial charge in [-0.1, -0.05) is 94.5 Å². The quantitative estimate of drug-likeness (QED) is 0.408. The van der Waals surface area contributed by atoms with E-state index in [2.05, 4.69) is 62.4 Å². The first-order chi connectivity index (χ1) is 13.8. The predicted molar refractivity (Wildman–Crippen MR) is 118 cm³/mol. The van der Waals surface area contributed by atoms with E-state index in [4.69, 9.17) is 9.47 Å². The van der Waals surface area contributed by atoms with Crippen molar-refractivity contribution in [1.82, 2.24) is 0 Å². The summed E-state index contributed by atoms with van der Waals surface area (Å²) >= 11 is 0. The van der Waals surface area contributed by atoms with Crippen LogP contribution in [0.25, 0.3) is 11.1 Å². The molecule has 0 radical (unpaired) electrons. The lowest BCUT2D eigenvalue weighted by Gasteiger charge is -2.30. The van der Waals surface area contributed by atoms with Crippen LogP contribution in [-0.4, -0.2) is 19.3 Å². The van der Waals surface area contributed by atoms with Crippen LogP contribution in [-0.2, 0) is 15.9 Å². The Kier molecular flexibility index (Phi) is 8.57. The molecule has 1 saturated heterocycles. The van der Waals surface area contributed by atoms with Crippen molar-refractivity contribution in [1.29, 1.82) is 0 Å². The fraction of sp³-hybridized carbons (Fsp3) is 0.538. The Morgan fingerprint density at radius 1 is 0.714 bits per heavy atom. The molecule has 0 spiro atoms. The highest BCUT2D eigenvalue weighted by atomic mass is 16.6. The van der Waals surface area contributed by atoms with E-state index in [1.807, 2.05) is 0 Å². The summed E-state index contributed by atoms with van der Waals surface area (Å²) in [7, 11) is 0. The lowest BCUT2D eigenvalue weighted by Crippen LogP contribution is -2.31. The van der Waals surface area contributed by atoms with Crippen molar-refractivity contribution in [2.75, 3.05) is 13.2 Å². The van der Waals surface area contributed by atoms with E-state index in [1.165, 1.54) is 67.2 Å². The van der Waals surface area contributed by atoms with Crippen LogP contribution in [0.3, 0.4) is 0 Å². The molecule has 0 aliphatic carbocycles. The highest BCUT2D eigenvalue weighted by Crippen LogP contribution is 2.27. The van der Waals surface area contributed by atoms with Crippen LogP contribution in [0.4, 0.5) is 0 Å². The van der Waals surface area contributed by atoms with Crippen molar-refractivity contribution in [2.24, 2.45) is 0 Å². The molecule has 0 aromatic heterocycles. The SMILES string of the molecule is CCCCCCc1ccc(-c2ccc(C3COC(CCCC)CO3)cc2)cc1. The van der Waals surface area contributed by atoms with E-state index in [1.54, 1.807) is 0 Å². The minimum atomic E-state index is 0.0671. The Morgan fingerprint density at radius 2 is 1.39 bits per heavy atom. The topological polar surface area (TPSA) is 18.5 Å². The van der Waals surface area contributed by atoms with Crippen molar-refractivity contribution < 1.29 is 9.47 Å². The van der Waals surface area contributed by atoms with Crippen LogP contribution in [0.5, 0.6) is 0 Å². The van der Waals surface area contributed by atoms with Crippen LogP contribution in [0.2, 0.25) is 0 Å². The summed E-state index contributed by atoms with van der Waals surface area (Å²) in [6, 6.07) is 17.9. The molecule has 2 aromatic rings. The van der Waals surface area contributed by atoms with Crippen molar-refractivity contribution >= 4 is 0 Å². The number of benzene rings is 2. The summed E-state index contributed by atoms with van der Waals surface area (Å²) in [6.45, 7) is 5.86. The van der Waals surface area contributed by atoms with Crippen LogP contribution in [0.1, 0.15) is 76.0 Å². The van der Waals surface area contributed by atoms with E-state index in [0.717, 1.165) is 6.42 Å². The summed E-state index contributed by atoms with van der Waals surface area (Å²) in [4.78, 5) is 0. The van der Waals surface area contributed by atoms with Gasteiger partial charge in [-0.05, 0) is 41.5 Å². The molecule has 1 aliphatic rings. The first kappa shape index (κ1) is 21.1. The number of aryl methyl sites for hydroxylation is 1. The summed E-state index contributed by atoms with van der Waals surface area (Å²) in [6.07, 6.45) is 10.3. The van der Waals surface area contributed by atoms with Crippen molar-refractivity contribution in [3.8, 4) is 11.1 Å². The maximum absolute atomic E-state index is 6.06. The number of hydrogen-bond donors (Lipinski definition) is 0. The minimum Gasteiger partial charge on any atom is -0.373 e. The molecule has 28 heavy (non-hydrogen) atoms. The third kappa shape index (κ3) is 6.18. The first-order valence-electron chi connectivity index (χ1n) is 11.2. The fourth-order valence-electron chi connectivity index (χ4n) is 3.84. The van der Waals surface area contributed by atoms with Crippen molar-refractivity contribution in [3.63, 3.8) is 0 Å². The molecule has 1 heterocycles. The molecule has 2 heteroatoms. The van der Waals surface area contributed by atoms with Gasteiger partial charge in [-0.25, -0.2) is 0 Å². The Balaban J connectivity index is 1.51. The van der Waals surface area contributed by atoms with Crippen LogP contribution in [0, 0.1) is 0 Å². The van der Waals surface area contributed by atoms with Crippen LogP contribution in [0.15, 0.2) is 48.5 Å². The van der Waals surface area contributed by atoms with Gasteiger partial charge in [-0.3, -0.25) is 0 Å². The molecule has 0 saturated carbocycles. The Bertz CT molecular complexity index is 667. The molecule has 0 N–H and O–H groups in total. The maximum Gasteiger partial charge on any atom is 0.106 e. The molecule has 3 rings (SSSR count). The fourth-order valence-corrected chi connectivity index (χ4v) is 3.84. The number of hydrogen-bond acceptors (Lipinski definition) is 2. The largest absolute Gasteiger partial charge is 0.373 e.